The smallest absolute Gasteiger partial charge is 0.253 e. The second-order valence-corrected chi connectivity index (χ2v) is 3.74. The minimum atomic E-state index is -0.100. The van der Waals surface area contributed by atoms with Gasteiger partial charge in [-0.15, -0.1) is 0 Å². The highest BCUT2D eigenvalue weighted by atomic mass is 16.1. The lowest BCUT2D eigenvalue weighted by atomic mass is 10.2. The molecule has 0 unspecified atom stereocenters. The van der Waals surface area contributed by atoms with Crippen LogP contribution in [0.4, 0.5) is 0 Å². The lowest BCUT2D eigenvalue weighted by Crippen LogP contribution is -2.17. The molecule has 0 atom stereocenters. The van der Waals surface area contributed by atoms with E-state index in [0.29, 0.717) is 18.5 Å². The highest BCUT2D eigenvalue weighted by Gasteiger charge is 2.12. The predicted molar refractivity (Wildman–Crippen MR) is 76.9 cm³/mol. The summed E-state index contributed by atoms with van der Waals surface area (Å²) >= 11 is 0. The van der Waals surface area contributed by atoms with E-state index in [1.165, 1.54) is 0 Å². The largest absolute Gasteiger partial charge is 0.355 e. The number of carbonyl (C=O) groups excluding carboxylic acids is 1. The summed E-state index contributed by atoms with van der Waals surface area (Å²) in [5.74, 6) is -0.100. The molecular formula is C15H19N3O. The number of aryl methyl sites for hydroxylation is 1. The fourth-order valence-electron chi connectivity index (χ4n) is 1.92. The third-order valence-electron chi connectivity index (χ3n) is 2.72. The third kappa shape index (κ3) is 3.14. The minimum absolute atomic E-state index is 0.100. The standard InChI is InChI=1S/C13H13N3O.C2H6/c1-15-13(17)11-9-16(8-4-7-14)12-6-3-2-5-10(11)12;1-2/h2-3,5-6,9H,4,8H2,1H3,(H,15,17);1-2H3. The summed E-state index contributed by atoms with van der Waals surface area (Å²) < 4.78 is 1.95. The van der Waals surface area contributed by atoms with E-state index in [-0.39, 0.29) is 5.91 Å². The highest BCUT2D eigenvalue weighted by molar-refractivity contribution is 6.06. The number of carbonyl (C=O) groups is 1. The first kappa shape index (κ1) is 14.8. The van der Waals surface area contributed by atoms with Gasteiger partial charge in [-0.25, -0.2) is 0 Å². The van der Waals surface area contributed by atoms with Crippen molar-refractivity contribution in [3.05, 3.63) is 36.0 Å². The quantitative estimate of drug-likeness (QED) is 0.919. The molecule has 1 amide bonds. The third-order valence-corrected chi connectivity index (χ3v) is 2.72. The average molecular weight is 257 g/mol. The average Bonchev–Trinajstić information content (AvgIpc) is 2.85. The normalized spacial score (nSPS) is 9.37. The zero-order valence-corrected chi connectivity index (χ0v) is 11.6. The number of nitriles is 1. The first-order valence-corrected chi connectivity index (χ1v) is 6.45. The molecule has 2 rings (SSSR count). The van der Waals surface area contributed by atoms with Crippen LogP contribution < -0.4 is 5.32 Å². The Hall–Kier alpha value is -2.28. The Morgan fingerprint density at radius 2 is 2.05 bits per heavy atom. The molecule has 1 aromatic heterocycles. The summed E-state index contributed by atoms with van der Waals surface area (Å²) in [6.45, 7) is 4.61. The summed E-state index contributed by atoms with van der Waals surface area (Å²) in [4.78, 5) is 11.7. The Morgan fingerprint density at radius 1 is 1.37 bits per heavy atom. The zero-order chi connectivity index (χ0) is 14.3. The molecule has 4 heteroatoms. The molecule has 1 N–H and O–H groups in total. The highest BCUT2D eigenvalue weighted by Crippen LogP contribution is 2.21. The van der Waals surface area contributed by atoms with Crippen molar-refractivity contribution < 1.29 is 4.79 Å². The number of para-hydroxylation sites is 1. The van der Waals surface area contributed by atoms with E-state index in [1.807, 2.05) is 42.7 Å². The molecule has 0 saturated carbocycles. The van der Waals surface area contributed by atoms with E-state index in [0.717, 1.165) is 10.9 Å². The van der Waals surface area contributed by atoms with Crippen molar-refractivity contribution in [1.29, 1.82) is 5.26 Å². The number of benzene rings is 1. The van der Waals surface area contributed by atoms with Crippen molar-refractivity contribution in [3.63, 3.8) is 0 Å². The van der Waals surface area contributed by atoms with Gasteiger partial charge in [0.2, 0.25) is 0 Å². The van der Waals surface area contributed by atoms with Crippen LogP contribution in [0.15, 0.2) is 30.5 Å². The van der Waals surface area contributed by atoms with E-state index in [4.69, 9.17) is 5.26 Å². The van der Waals surface area contributed by atoms with Gasteiger partial charge in [0.25, 0.3) is 5.91 Å². The Bertz CT molecular complexity index is 593. The van der Waals surface area contributed by atoms with Crippen LogP contribution in [-0.2, 0) is 6.54 Å². The number of nitrogens with zero attached hydrogens (tertiary/aromatic N) is 2. The molecule has 0 spiro atoms. The van der Waals surface area contributed by atoms with Gasteiger partial charge in [0.1, 0.15) is 0 Å². The molecule has 2 aromatic rings. The minimum Gasteiger partial charge on any atom is -0.355 e. The van der Waals surface area contributed by atoms with Gasteiger partial charge in [-0.1, -0.05) is 32.0 Å². The SMILES string of the molecule is CC.CNC(=O)c1cn(CCC#N)c2ccccc12. The van der Waals surface area contributed by atoms with Crippen LogP contribution in [0.3, 0.4) is 0 Å². The van der Waals surface area contributed by atoms with Gasteiger partial charge < -0.3 is 9.88 Å². The first-order chi connectivity index (χ1) is 9.27. The van der Waals surface area contributed by atoms with E-state index < -0.39 is 0 Å². The van der Waals surface area contributed by atoms with E-state index in [2.05, 4.69) is 11.4 Å². The van der Waals surface area contributed by atoms with Crippen molar-refractivity contribution in [2.75, 3.05) is 7.05 Å². The molecule has 0 bridgehead atoms. The fraction of sp³-hybridized carbons (Fsp3) is 0.333. The molecule has 0 aliphatic rings. The van der Waals surface area contributed by atoms with Gasteiger partial charge in [0.15, 0.2) is 0 Å². The summed E-state index contributed by atoms with van der Waals surface area (Å²) in [6, 6.07) is 9.82. The van der Waals surface area contributed by atoms with Crippen molar-refractivity contribution in [1.82, 2.24) is 9.88 Å². The van der Waals surface area contributed by atoms with Crippen LogP contribution in [0.5, 0.6) is 0 Å². The van der Waals surface area contributed by atoms with Crippen LogP contribution in [0.25, 0.3) is 10.9 Å². The van der Waals surface area contributed by atoms with Gasteiger partial charge in [0.05, 0.1) is 18.1 Å². The van der Waals surface area contributed by atoms with E-state index >= 15 is 0 Å². The molecule has 0 saturated heterocycles. The van der Waals surface area contributed by atoms with Gasteiger partial charge >= 0.3 is 0 Å². The van der Waals surface area contributed by atoms with Crippen LogP contribution in [0.2, 0.25) is 0 Å². The van der Waals surface area contributed by atoms with Gasteiger partial charge in [-0.3, -0.25) is 4.79 Å². The summed E-state index contributed by atoms with van der Waals surface area (Å²) in [5, 5.41) is 12.2. The van der Waals surface area contributed by atoms with E-state index in [1.54, 1.807) is 13.2 Å². The van der Waals surface area contributed by atoms with Gasteiger partial charge in [0, 0.05) is 30.7 Å². The fourth-order valence-corrected chi connectivity index (χ4v) is 1.92. The lowest BCUT2D eigenvalue weighted by Gasteiger charge is -2.00. The molecule has 1 heterocycles. The number of hydrogen-bond acceptors (Lipinski definition) is 2. The van der Waals surface area contributed by atoms with Gasteiger partial charge in [-0.05, 0) is 6.07 Å². The molecule has 1 aromatic carbocycles. The van der Waals surface area contributed by atoms with Crippen LogP contribution in [0, 0.1) is 11.3 Å². The van der Waals surface area contributed by atoms with Crippen molar-refractivity contribution in [2.45, 2.75) is 26.8 Å². The maximum Gasteiger partial charge on any atom is 0.253 e. The Morgan fingerprint density at radius 3 is 2.68 bits per heavy atom. The van der Waals surface area contributed by atoms with E-state index in [9.17, 15) is 4.79 Å². The molecule has 0 radical (unpaired) electrons. The summed E-state index contributed by atoms with van der Waals surface area (Å²) in [6.07, 6.45) is 2.24. The van der Waals surface area contributed by atoms with Crippen molar-refractivity contribution >= 4 is 16.8 Å². The number of aromatic nitrogens is 1. The molecule has 0 aliphatic heterocycles. The van der Waals surface area contributed by atoms with Crippen LogP contribution >= 0.6 is 0 Å². The zero-order valence-electron chi connectivity index (χ0n) is 11.6. The second-order valence-electron chi connectivity index (χ2n) is 3.74. The topological polar surface area (TPSA) is 57.8 Å². The van der Waals surface area contributed by atoms with Crippen LogP contribution in [0.1, 0.15) is 30.6 Å². The second kappa shape index (κ2) is 7.22. The molecule has 0 aliphatic carbocycles. The molecule has 19 heavy (non-hydrogen) atoms. The number of fused-ring (bicyclic) bond motifs is 1. The molecule has 0 fully saturated rings. The number of nitrogens with one attached hydrogen (secondary N) is 1. The number of amides is 1. The maximum atomic E-state index is 11.7. The molecule has 4 nitrogen and oxygen atoms in total. The molecule has 100 valence electrons. The van der Waals surface area contributed by atoms with Crippen molar-refractivity contribution in [3.8, 4) is 6.07 Å². The lowest BCUT2D eigenvalue weighted by molar-refractivity contribution is 0.0964. The predicted octanol–water partition coefficient (Wildman–Crippen LogP) is 2.94. The number of rotatable bonds is 3. The van der Waals surface area contributed by atoms with Crippen molar-refractivity contribution in [2.24, 2.45) is 0 Å². The molecular weight excluding hydrogens is 238 g/mol. The summed E-state index contributed by atoms with van der Waals surface area (Å²) in [7, 11) is 1.61. The maximum absolute atomic E-state index is 11.7. The first-order valence-electron chi connectivity index (χ1n) is 6.45. The van der Waals surface area contributed by atoms with Gasteiger partial charge in [-0.2, -0.15) is 5.26 Å². The Kier molecular flexibility index (Phi) is 5.62. The Balaban J connectivity index is 0.000000861. The Labute approximate surface area is 113 Å². The summed E-state index contributed by atoms with van der Waals surface area (Å²) in [5.41, 5.74) is 1.64. The monoisotopic (exact) mass is 257 g/mol. The number of hydrogen-bond donors (Lipinski definition) is 1. The van der Waals surface area contributed by atoms with Crippen LogP contribution in [-0.4, -0.2) is 17.5 Å².